The maximum atomic E-state index is 12.2. The second-order valence-corrected chi connectivity index (χ2v) is 4.54. The Morgan fingerprint density at radius 1 is 1.41 bits per heavy atom. The minimum absolute atomic E-state index is 0.108. The van der Waals surface area contributed by atoms with Crippen molar-refractivity contribution in [2.24, 2.45) is 5.92 Å². The van der Waals surface area contributed by atoms with Crippen LogP contribution < -0.4 is 0 Å². The zero-order valence-electron chi connectivity index (χ0n) is 10.4. The fourth-order valence-corrected chi connectivity index (χ4v) is 2.34. The van der Waals surface area contributed by atoms with E-state index in [1.165, 1.54) is 5.56 Å². The standard InChI is InChI=1S/C14H19NO2/c1-11(17-2)15-9-8-13(14(15)16)10-12-6-4-3-5-7-12/h3-7,11,13H,8-10H2,1-2H3/t11-,13+/m0/s1. The molecule has 3 nitrogen and oxygen atoms in total. The maximum absolute atomic E-state index is 12.2. The van der Waals surface area contributed by atoms with Crippen LogP contribution in [0.5, 0.6) is 0 Å². The molecule has 0 aromatic heterocycles. The minimum Gasteiger partial charge on any atom is -0.362 e. The second kappa shape index (κ2) is 5.32. The average molecular weight is 233 g/mol. The fourth-order valence-electron chi connectivity index (χ4n) is 2.34. The van der Waals surface area contributed by atoms with E-state index in [4.69, 9.17) is 4.74 Å². The van der Waals surface area contributed by atoms with Gasteiger partial charge >= 0.3 is 0 Å². The van der Waals surface area contributed by atoms with Gasteiger partial charge in [0.15, 0.2) is 0 Å². The molecule has 1 aliphatic heterocycles. The number of methoxy groups -OCH3 is 1. The number of amides is 1. The highest BCUT2D eigenvalue weighted by atomic mass is 16.5. The summed E-state index contributed by atoms with van der Waals surface area (Å²) in [6, 6.07) is 10.2. The second-order valence-electron chi connectivity index (χ2n) is 4.54. The lowest BCUT2D eigenvalue weighted by Crippen LogP contribution is -2.37. The van der Waals surface area contributed by atoms with Gasteiger partial charge in [0.2, 0.25) is 5.91 Å². The maximum Gasteiger partial charge on any atom is 0.228 e. The smallest absolute Gasteiger partial charge is 0.228 e. The summed E-state index contributed by atoms with van der Waals surface area (Å²) in [4.78, 5) is 14.0. The van der Waals surface area contributed by atoms with E-state index in [1.54, 1.807) is 7.11 Å². The number of carbonyl (C=O) groups is 1. The van der Waals surface area contributed by atoms with E-state index in [9.17, 15) is 4.79 Å². The highest BCUT2D eigenvalue weighted by Gasteiger charge is 2.34. The molecule has 1 fully saturated rings. The van der Waals surface area contributed by atoms with Gasteiger partial charge in [0.05, 0.1) is 0 Å². The number of benzene rings is 1. The predicted octanol–water partition coefficient (Wildman–Crippen LogP) is 2.07. The highest BCUT2D eigenvalue weighted by molar-refractivity contribution is 5.81. The lowest BCUT2D eigenvalue weighted by atomic mass is 9.98. The molecule has 0 saturated carbocycles. The van der Waals surface area contributed by atoms with Crippen molar-refractivity contribution in [3.8, 4) is 0 Å². The third-order valence-corrected chi connectivity index (χ3v) is 3.46. The molecule has 1 saturated heterocycles. The molecule has 0 spiro atoms. The molecule has 0 radical (unpaired) electrons. The Morgan fingerprint density at radius 3 is 2.76 bits per heavy atom. The number of hydrogen-bond acceptors (Lipinski definition) is 2. The van der Waals surface area contributed by atoms with Crippen LogP contribution in [0.1, 0.15) is 18.9 Å². The third-order valence-electron chi connectivity index (χ3n) is 3.46. The molecular formula is C14H19NO2. The Hall–Kier alpha value is -1.35. The molecule has 92 valence electrons. The SMILES string of the molecule is CO[C@@H](C)N1CC[C@H](Cc2ccccc2)C1=O. The molecule has 1 aromatic carbocycles. The fraction of sp³-hybridized carbons (Fsp3) is 0.500. The van der Waals surface area contributed by atoms with Gasteiger partial charge in [-0.2, -0.15) is 0 Å². The van der Waals surface area contributed by atoms with Crippen molar-refractivity contribution in [3.05, 3.63) is 35.9 Å². The molecule has 17 heavy (non-hydrogen) atoms. The Bertz CT molecular complexity index is 377. The third kappa shape index (κ3) is 2.67. The summed E-state index contributed by atoms with van der Waals surface area (Å²) in [5, 5.41) is 0. The molecule has 1 amide bonds. The Balaban J connectivity index is 1.99. The number of ether oxygens (including phenoxy) is 1. The van der Waals surface area contributed by atoms with Crippen molar-refractivity contribution < 1.29 is 9.53 Å². The summed E-state index contributed by atoms with van der Waals surface area (Å²) in [6.07, 6.45) is 1.66. The number of rotatable bonds is 4. The van der Waals surface area contributed by atoms with E-state index in [0.717, 1.165) is 19.4 Å². The molecule has 1 aromatic rings. The number of nitrogens with zero attached hydrogens (tertiary/aromatic N) is 1. The van der Waals surface area contributed by atoms with Gasteiger partial charge in [-0.25, -0.2) is 0 Å². The van der Waals surface area contributed by atoms with Crippen molar-refractivity contribution >= 4 is 5.91 Å². The van der Waals surface area contributed by atoms with Crippen molar-refractivity contribution in [2.45, 2.75) is 26.0 Å². The first-order valence-corrected chi connectivity index (χ1v) is 6.09. The van der Waals surface area contributed by atoms with Crippen LogP contribution in [0.15, 0.2) is 30.3 Å². The zero-order chi connectivity index (χ0) is 12.3. The van der Waals surface area contributed by atoms with Gasteiger partial charge in [-0.3, -0.25) is 4.79 Å². The first kappa shape index (κ1) is 12.1. The summed E-state index contributed by atoms with van der Waals surface area (Å²) < 4.78 is 5.21. The Kier molecular flexibility index (Phi) is 3.79. The van der Waals surface area contributed by atoms with E-state index in [2.05, 4.69) is 12.1 Å². The molecule has 1 heterocycles. The minimum atomic E-state index is -0.108. The van der Waals surface area contributed by atoms with Crippen molar-refractivity contribution in [1.29, 1.82) is 0 Å². The summed E-state index contributed by atoms with van der Waals surface area (Å²) in [5.74, 6) is 0.346. The van der Waals surface area contributed by atoms with Crippen LogP contribution in [0.3, 0.4) is 0 Å². The van der Waals surface area contributed by atoms with Gasteiger partial charge in [-0.1, -0.05) is 30.3 Å². The van der Waals surface area contributed by atoms with E-state index in [0.29, 0.717) is 0 Å². The van der Waals surface area contributed by atoms with Gasteiger partial charge in [-0.15, -0.1) is 0 Å². The number of likely N-dealkylation sites (tertiary alicyclic amines) is 1. The normalized spacial score (nSPS) is 21.9. The van der Waals surface area contributed by atoms with Crippen molar-refractivity contribution in [1.82, 2.24) is 4.90 Å². The molecule has 0 aliphatic carbocycles. The Morgan fingerprint density at radius 2 is 2.12 bits per heavy atom. The Labute approximate surface area is 102 Å². The summed E-state index contributed by atoms with van der Waals surface area (Å²) in [6.45, 7) is 2.73. The summed E-state index contributed by atoms with van der Waals surface area (Å²) in [7, 11) is 1.64. The van der Waals surface area contributed by atoms with Crippen LogP contribution in [0.4, 0.5) is 0 Å². The van der Waals surface area contributed by atoms with Crippen LogP contribution in [0.2, 0.25) is 0 Å². The molecule has 2 atom stereocenters. The quantitative estimate of drug-likeness (QED) is 0.796. The van der Waals surface area contributed by atoms with Gasteiger partial charge < -0.3 is 9.64 Å². The van der Waals surface area contributed by atoms with Crippen LogP contribution in [-0.2, 0) is 16.0 Å². The number of carbonyl (C=O) groups excluding carboxylic acids is 1. The molecule has 0 N–H and O–H groups in total. The number of hydrogen-bond donors (Lipinski definition) is 0. The van der Waals surface area contributed by atoms with Gasteiger partial charge in [0.25, 0.3) is 0 Å². The largest absolute Gasteiger partial charge is 0.362 e. The lowest BCUT2D eigenvalue weighted by molar-refractivity contribution is -0.140. The highest BCUT2D eigenvalue weighted by Crippen LogP contribution is 2.24. The van der Waals surface area contributed by atoms with Crippen LogP contribution >= 0.6 is 0 Å². The van der Waals surface area contributed by atoms with Crippen LogP contribution in [0, 0.1) is 5.92 Å². The van der Waals surface area contributed by atoms with Crippen molar-refractivity contribution in [2.75, 3.05) is 13.7 Å². The average Bonchev–Trinajstić information content (AvgIpc) is 2.72. The molecular weight excluding hydrogens is 214 g/mol. The summed E-state index contributed by atoms with van der Waals surface area (Å²) in [5.41, 5.74) is 1.23. The topological polar surface area (TPSA) is 29.5 Å². The summed E-state index contributed by atoms with van der Waals surface area (Å²) >= 11 is 0. The van der Waals surface area contributed by atoms with E-state index >= 15 is 0 Å². The van der Waals surface area contributed by atoms with Gasteiger partial charge in [-0.05, 0) is 25.3 Å². The molecule has 3 heteroatoms. The molecule has 0 unspecified atom stereocenters. The predicted molar refractivity (Wildman–Crippen MR) is 66.4 cm³/mol. The molecule has 2 rings (SSSR count). The monoisotopic (exact) mass is 233 g/mol. The van der Waals surface area contributed by atoms with Gasteiger partial charge in [0, 0.05) is 19.6 Å². The van der Waals surface area contributed by atoms with Crippen LogP contribution in [-0.4, -0.2) is 30.7 Å². The first-order chi connectivity index (χ1) is 8.22. The van der Waals surface area contributed by atoms with E-state index in [-0.39, 0.29) is 18.1 Å². The van der Waals surface area contributed by atoms with Crippen LogP contribution in [0.25, 0.3) is 0 Å². The van der Waals surface area contributed by atoms with E-state index < -0.39 is 0 Å². The van der Waals surface area contributed by atoms with Gasteiger partial charge in [0.1, 0.15) is 6.23 Å². The lowest BCUT2D eigenvalue weighted by Gasteiger charge is -2.23. The molecule has 0 bridgehead atoms. The zero-order valence-corrected chi connectivity index (χ0v) is 10.4. The van der Waals surface area contributed by atoms with E-state index in [1.807, 2.05) is 30.0 Å². The van der Waals surface area contributed by atoms with Crippen molar-refractivity contribution in [3.63, 3.8) is 0 Å². The molecule has 1 aliphatic rings. The first-order valence-electron chi connectivity index (χ1n) is 6.09.